The van der Waals surface area contributed by atoms with Gasteiger partial charge in [-0.1, -0.05) is 12.1 Å². The van der Waals surface area contributed by atoms with Crippen LogP contribution in [0, 0.1) is 27.4 Å². The van der Waals surface area contributed by atoms with Crippen LogP contribution in [0.1, 0.15) is 12.5 Å². The zero-order valence-electron chi connectivity index (χ0n) is 9.83. The van der Waals surface area contributed by atoms with Crippen LogP contribution in [0.4, 0.5) is 5.69 Å². The summed E-state index contributed by atoms with van der Waals surface area (Å²) in [5.41, 5.74) is 0.497. The minimum atomic E-state index is -0.938. The lowest BCUT2D eigenvalue weighted by atomic mass is 10.0. The van der Waals surface area contributed by atoms with Gasteiger partial charge in [-0.3, -0.25) is 14.9 Å². The number of hydrogen-bond acceptors (Lipinski definition) is 5. The van der Waals surface area contributed by atoms with E-state index in [1.807, 2.05) is 6.07 Å². The Kier molecular flexibility index (Phi) is 4.81. The number of nitrogens with zero attached hydrogens (tertiary/aromatic N) is 2. The van der Waals surface area contributed by atoms with Gasteiger partial charge in [-0.25, -0.2) is 0 Å². The Morgan fingerprint density at radius 2 is 2.33 bits per heavy atom. The van der Waals surface area contributed by atoms with Crippen molar-refractivity contribution in [3.05, 3.63) is 39.9 Å². The largest absolute Gasteiger partial charge is 0.465 e. The van der Waals surface area contributed by atoms with Crippen molar-refractivity contribution < 1.29 is 14.5 Å². The van der Waals surface area contributed by atoms with Crippen molar-refractivity contribution in [2.75, 3.05) is 6.61 Å². The molecule has 18 heavy (non-hydrogen) atoms. The number of esters is 1. The van der Waals surface area contributed by atoms with Crippen LogP contribution < -0.4 is 0 Å². The molecule has 0 radical (unpaired) electrons. The molecule has 94 valence electrons. The van der Waals surface area contributed by atoms with Crippen LogP contribution in [-0.4, -0.2) is 17.5 Å². The Morgan fingerprint density at radius 3 is 2.89 bits per heavy atom. The fourth-order valence-electron chi connectivity index (χ4n) is 1.46. The van der Waals surface area contributed by atoms with E-state index in [0.717, 1.165) is 0 Å². The van der Waals surface area contributed by atoms with Crippen LogP contribution in [-0.2, 0) is 16.0 Å². The van der Waals surface area contributed by atoms with Crippen molar-refractivity contribution in [1.82, 2.24) is 0 Å². The van der Waals surface area contributed by atoms with E-state index in [2.05, 4.69) is 0 Å². The molecule has 0 saturated carbocycles. The highest BCUT2D eigenvalue weighted by Gasteiger charge is 2.20. The molecule has 6 heteroatoms. The third-order valence-electron chi connectivity index (χ3n) is 2.29. The maximum Gasteiger partial charge on any atom is 0.323 e. The number of nitro benzene ring substituents is 1. The summed E-state index contributed by atoms with van der Waals surface area (Å²) in [6, 6.07) is 7.70. The second kappa shape index (κ2) is 6.35. The number of hydrogen-bond donors (Lipinski definition) is 0. The maximum absolute atomic E-state index is 11.4. The minimum absolute atomic E-state index is 0.0620. The molecular weight excluding hydrogens is 236 g/mol. The van der Waals surface area contributed by atoms with E-state index in [-0.39, 0.29) is 18.7 Å². The first-order valence-corrected chi connectivity index (χ1v) is 5.38. The van der Waals surface area contributed by atoms with Gasteiger partial charge in [0.05, 0.1) is 17.6 Å². The van der Waals surface area contributed by atoms with Gasteiger partial charge in [0.2, 0.25) is 0 Å². The SMILES string of the molecule is CCOC(=O)C(C#N)Cc1cccc([N+](=O)[O-])c1. The van der Waals surface area contributed by atoms with Crippen LogP contribution in [0.3, 0.4) is 0 Å². The Hall–Kier alpha value is -2.42. The number of nitro groups is 1. The molecule has 0 aromatic heterocycles. The van der Waals surface area contributed by atoms with Crippen molar-refractivity contribution in [3.8, 4) is 6.07 Å². The molecule has 0 aliphatic carbocycles. The Labute approximate surface area is 104 Å². The summed E-state index contributed by atoms with van der Waals surface area (Å²) < 4.78 is 4.75. The molecule has 0 bridgehead atoms. The zero-order valence-corrected chi connectivity index (χ0v) is 9.83. The van der Waals surface area contributed by atoms with Crippen molar-refractivity contribution >= 4 is 11.7 Å². The first kappa shape index (κ1) is 13.6. The second-order valence-electron chi connectivity index (χ2n) is 3.56. The standard InChI is InChI=1S/C12H12N2O4/c1-2-18-12(15)10(8-13)6-9-4-3-5-11(7-9)14(16)17/h3-5,7,10H,2,6H2,1H3. The minimum Gasteiger partial charge on any atom is -0.465 e. The fourth-order valence-corrected chi connectivity index (χ4v) is 1.46. The van der Waals surface area contributed by atoms with Crippen LogP contribution in [0.15, 0.2) is 24.3 Å². The van der Waals surface area contributed by atoms with Gasteiger partial charge in [0.1, 0.15) is 5.92 Å². The highest BCUT2D eigenvalue weighted by atomic mass is 16.6. The van der Waals surface area contributed by atoms with Gasteiger partial charge >= 0.3 is 5.97 Å². The molecule has 0 aliphatic heterocycles. The summed E-state index contributed by atoms with van der Waals surface area (Å²) in [5, 5.41) is 19.5. The van der Waals surface area contributed by atoms with Gasteiger partial charge in [0, 0.05) is 12.1 Å². The Morgan fingerprint density at radius 1 is 1.61 bits per heavy atom. The summed E-state index contributed by atoms with van der Waals surface area (Å²) in [7, 11) is 0. The fraction of sp³-hybridized carbons (Fsp3) is 0.333. The van der Waals surface area contributed by atoms with E-state index in [1.54, 1.807) is 13.0 Å². The lowest BCUT2D eigenvalue weighted by Gasteiger charge is -2.07. The molecule has 1 aromatic rings. The molecule has 1 rings (SSSR count). The Balaban J connectivity index is 2.83. The summed E-state index contributed by atoms with van der Waals surface area (Å²) >= 11 is 0. The first-order chi connectivity index (χ1) is 8.58. The number of rotatable bonds is 5. The molecule has 1 atom stereocenters. The average molecular weight is 248 g/mol. The monoisotopic (exact) mass is 248 g/mol. The molecule has 0 spiro atoms. The quantitative estimate of drug-likeness (QED) is 0.450. The molecular formula is C12H12N2O4. The Bertz CT molecular complexity index is 493. The topological polar surface area (TPSA) is 93.2 Å². The number of carbonyl (C=O) groups is 1. The van der Waals surface area contributed by atoms with E-state index in [4.69, 9.17) is 10.00 Å². The van der Waals surface area contributed by atoms with Crippen LogP contribution in [0.2, 0.25) is 0 Å². The third kappa shape index (κ3) is 3.56. The zero-order chi connectivity index (χ0) is 13.5. The van der Waals surface area contributed by atoms with E-state index in [0.29, 0.717) is 5.56 Å². The highest BCUT2D eigenvalue weighted by Crippen LogP contribution is 2.16. The molecule has 0 amide bonds. The van der Waals surface area contributed by atoms with Crippen molar-refractivity contribution in [1.29, 1.82) is 5.26 Å². The summed E-state index contributed by atoms with van der Waals surface area (Å²) in [5.74, 6) is -1.54. The normalized spacial score (nSPS) is 11.3. The van der Waals surface area contributed by atoms with Gasteiger partial charge < -0.3 is 4.74 Å². The molecule has 0 N–H and O–H groups in total. The van der Waals surface area contributed by atoms with Gasteiger partial charge in [-0.05, 0) is 18.9 Å². The molecule has 0 aliphatic rings. The number of non-ortho nitro benzene ring substituents is 1. The number of nitriles is 1. The van der Waals surface area contributed by atoms with Gasteiger partial charge in [0.25, 0.3) is 5.69 Å². The van der Waals surface area contributed by atoms with Crippen LogP contribution in [0.5, 0.6) is 0 Å². The molecule has 0 saturated heterocycles. The van der Waals surface area contributed by atoms with Gasteiger partial charge in [-0.2, -0.15) is 5.26 Å². The summed E-state index contributed by atoms with van der Waals surface area (Å²) in [4.78, 5) is 21.5. The molecule has 0 fully saturated rings. The number of ether oxygens (including phenoxy) is 1. The van der Waals surface area contributed by atoms with Crippen molar-refractivity contribution in [2.24, 2.45) is 5.92 Å². The van der Waals surface area contributed by atoms with E-state index in [9.17, 15) is 14.9 Å². The predicted molar refractivity (Wildman–Crippen MR) is 62.5 cm³/mol. The number of benzene rings is 1. The third-order valence-corrected chi connectivity index (χ3v) is 2.29. The van der Waals surface area contributed by atoms with E-state index in [1.165, 1.54) is 18.2 Å². The smallest absolute Gasteiger partial charge is 0.323 e. The number of carbonyl (C=O) groups excluding carboxylic acids is 1. The molecule has 1 unspecified atom stereocenters. The lowest BCUT2D eigenvalue weighted by molar-refractivity contribution is -0.384. The predicted octanol–water partition coefficient (Wildman–Crippen LogP) is 1.84. The lowest BCUT2D eigenvalue weighted by Crippen LogP contribution is -2.18. The molecule has 6 nitrogen and oxygen atoms in total. The van der Waals surface area contributed by atoms with Crippen LogP contribution >= 0.6 is 0 Å². The second-order valence-corrected chi connectivity index (χ2v) is 3.56. The summed E-state index contributed by atoms with van der Waals surface area (Å²) in [6.07, 6.45) is 0.108. The van der Waals surface area contributed by atoms with Gasteiger partial charge in [-0.15, -0.1) is 0 Å². The van der Waals surface area contributed by atoms with E-state index >= 15 is 0 Å². The van der Waals surface area contributed by atoms with Crippen molar-refractivity contribution in [3.63, 3.8) is 0 Å². The first-order valence-electron chi connectivity index (χ1n) is 5.38. The summed E-state index contributed by atoms with van der Waals surface area (Å²) in [6.45, 7) is 1.85. The van der Waals surface area contributed by atoms with Crippen LogP contribution in [0.25, 0.3) is 0 Å². The van der Waals surface area contributed by atoms with E-state index < -0.39 is 16.8 Å². The maximum atomic E-state index is 11.4. The van der Waals surface area contributed by atoms with Crippen molar-refractivity contribution in [2.45, 2.75) is 13.3 Å². The molecule has 0 heterocycles. The van der Waals surface area contributed by atoms with Gasteiger partial charge in [0.15, 0.2) is 0 Å². The highest BCUT2D eigenvalue weighted by molar-refractivity contribution is 5.75. The molecule has 1 aromatic carbocycles. The average Bonchev–Trinajstić information content (AvgIpc) is 2.36.